The van der Waals surface area contributed by atoms with Crippen LogP contribution < -0.4 is 21.7 Å². The van der Waals surface area contributed by atoms with Crippen LogP contribution in [0.3, 0.4) is 0 Å². The third-order valence-electron chi connectivity index (χ3n) is 4.52. The lowest BCUT2D eigenvalue weighted by Gasteiger charge is -2.23. The van der Waals surface area contributed by atoms with E-state index in [9.17, 15) is 19.5 Å². The van der Waals surface area contributed by atoms with E-state index < -0.39 is 24.1 Å². The zero-order chi connectivity index (χ0) is 22.7. The molecule has 0 bridgehead atoms. The fourth-order valence-corrected chi connectivity index (χ4v) is 3.10. The first-order valence-electron chi connectivity index (χ1n) is 10.5. The summed E-state index contributed by atoms with van der Waals surface area (Å²) in [5.74, 6) is -1.18. The second-order valence-corrected chi connectivity index (χ2v) is 8.52. The van der Waals surface area contributed by atoms with Crippen molar-refractivity contribution in [3.63, 3.8) is 0 Å². The smallest absolute Gasteiger partial charge is 0.326 e. The summed E-state index contributed by atoms with van der Waals surface area (Å²) in [5, 5.41) is 17.2. The molecule has 0 heterocycles. The zero-order valence-electron chi connectivity index (χ0n) is 18.4. The van der Waals surface area contributed by atoms with Crippen molar-refractivity contribution < 1.29 is 19.5 Å². The van der Waals surface area contributed by atoms with E-state index in [-0.39, 0.29) is 30.3 Å². The van der Waals surface area contributed by atoms with Crippen molar-refractivity contribution in [2.45, 2.75) is 65.1 Å². The van der Waals surface area contributed by atoms with Crippen LogP contribution in [-0.4, -0.2) is 47.7 Å². The average molecular weight is 421 g/mol. The highest BCUT2D eigenvalue weighted by atomic mass is 16.4. The van der Waals surface area contributed by atoms with E-state index in [4.69, 9.17) is 5.73 Å². The number of rotatable bonds is 12. The summed E-state index contributed by atoms with van der Waals surface area (Å²) in [7, 11) is 0. The number of aliphatic carboxylic acids is 1. The summed E-state index contributed by atoms with van der Waals surface area (Å²) >= 11 is 0. The fourth-order valence-electron chi connectivity index (χ4n) is 3.10. The van der Waals surface area contributed by atoms with Crippen LogP contribution in [0.2, 0.25) is 0 Å². The Bertz CT molecular complexity index is 679. The number of hydrogen-bond donors (Lipinski definition) is 5. The van der Waals surface area contributed by atoms with Gasteiger partial charge in [-0.15, -0.1) is 0 Å². The molecule has 1 rings (SSSR count). The summed E-state index contributed by atoms with van der Waals surface area (Å²) in [6, 6.07) is 7.05. The van der Waals surface area contributed by atoms with Gasteiger partial charge in [-0.3, -0.25) is 4.79 Å². The van der Waals surface area contributed by atoms with Gasteiger partial charge in [0.2, 0.25) is 5.91 Å². The Morgan fingerprint density at radius 3 is 2.00 bits per heavy atom. The lowest BCUT2D eigenvalue weighted by Crippen LogP contribution is -2.54. The normalized spacial score (nSPS) is 14.1. The van der Waals surface area contributed by atoms with E-state index in [1.807, 2.05) is 58.0 Å². The predicted molar refractivity (Wildman–Crippen MR) is 117 cm³/mol. The standard InChI is InChI=1S/C22H36N4O4/c1-14(2)10-18(25-22(30)26-19(21(28)29)11-15(3)4)20(27)24-13-17(23)12-16-8-6-5-7-9-16/h5-9,14-15,17-19H,10-13,23H2,1-4H3,(H,24,27)(H,28,29)(H2,25,26,30)/t17-,18+,19+/m1/s1. The lowest BCUT2D eigenvalue weighted by molar-refractivity contribution is -0.139. The van der Waals surface area contributed by atoms with Gasteiger partial charge in [-0.25, -0.2) is 9.59 Å². The van der Waals surface area contributed by atoms with Gasteiger partial charge in [0.25, 0.3) is 0 Å². The maximum Gasteiger partial charge on any atom is 0.326 e. The Hall–Kier alpha value is -2.61. The second-order valence-electron chi connectivity index (χ2n) is 8.52. The molecule has 0 radical (unpaired) electrons. The number of carboxylic acids is 1. The van der Waals surface area contributed by atoms with E-state index in [0.717, 1.165) is 5.56 Å². The maximum absolute atomic E-state index is 12.6. The lowest BCUT2D eigenvalue weighted by atomic mass is 10.0. The van der Waals surface area contributed by atoms with Crippen LogP contribution in [0.1, 0.15) is 46.1 Å². The minimum Gasteiger partial charge on any atom is -0.480 e. The highest BCUT2D eigenvalue weighted by molar-refractivity contribution is 5.88. The Morgan fingerprint density at radius 2 is 1.47 bits per heavy atom. The van der Waals surface area contributed by atoms with Gasteiger partial charge < -0.3 is 26.8 Å². The Balaban J connectivity index is 2.62. The molecule has 3 amide bonds. The van der Waals surface area contributed by atoms with Gasteiger partial charge >= 0.3 is 12.0 Å². The van der Waals surface area contributed by atoms with Crippen molar-refractivity contribution in [1.29, 1.82) is 0 Å². The molecule has 0 unspecified atom stereocenters. The summed E-state index contributed by atoms with van der Waals surface area (Å²) in [5.41, 5.74) is 7.21. The highest BCUT2D eigenvalue weighted by Crippen LogP contribution is 2.07. The molecule has 8 nitrogen and oxygen atoms in total. The van der Waals surface area contributed by atoms with Crippen molar-refractivity contribution >= 4 is 17.9 Å². The van der Waals surface area contributed by atoms with Gasteiger partial charge in [-0.05, 0) is 36.7 Å². The molecule has 3 atom stereocenters. The SMILES string of the molecule is CC(C)C[C@H](NC(=O)N[C@@H](CC(C)C)C(=O)NC[C@H](N)Cc1ccccc1)C(=O)O. The van der Waals surface area contributed by atoms with Gasteiger partial charge in [0.05, 0.1) is 0 Å². The number of benzene rings is 1. The maximum atomic E-state index is 12.6. The molecule has 1 aromatic rings. The topological polar surface area (TPSA) is 134 Å². The summed E-state index contributed by atoms with van der Waals surface area (Å²) in [6.07, 6.45) is 1.35. The molecular formula is C22H36N4O4. The molecule has 0 aromatic heterocycles. The third-order valence-corrected chi connectivity index (χ3v) is 4.52. The predicted octanol–water partition coefficient (Wildman–Crippen LogP) is 1.89. The minimum atomic E-state index is -1.10. The number of carbonyl (C=O) groups excluding carboxylic acids is 2. The monoisotopic (exact) mass is 420 g/mol. The molecule has 0 aliphatic carbocycles. The molecule has 30 heavy (non-hydrogen) atoms. The van der Waals surface area contributed by atoms with Crippen LogP contribution in [0.5, 0.6) is 0 Å². The van der Waals surface area contributed by atoms with E-state index in [2.05, 4.69) is 16.0 Å². The number of nitrogens with one attached hydrogen (secondary N) is 3. The molecule has 0 saturated heterocycles. The first-order valence-corrected chi connectivity index (χ1v) is 10.5. The first kappa shape index (κ1) is 25.4. The Kier molecular flexibility index (Phi) is 10.9. The number of nitrogens with two attached hydrogens (primary N) is 1. The second kappa shape index (κ2) is 12.8. The van der Waals surface area contributed by atoms with Crippen LogP contribution in [0, 0.1) is 11.8 Å². The fraction of sp³-hybridized carbons (Fsp3) is 0.591. The number of amides is 3. The number of urea groups is 1. The first-order chi connectivity index (χ1) is 14.1. The van der Waals surface area contributed by atoms with E-state index in [1.54, 1.807) is 0 Å². The van der Waals surface area contributed by atoms with Crippen molar-refractivity contribution in [2.24, 2.45) is 17.6 Å². The molecule has 0 fully saturated rings. The van der Waals surface area contributed by atoms with E-state index in [1.165, 1.54) is 0 Å². The van der Waals surface area contributed by atoms with E-state index in [0.29, 0.717) is 19.3 Å². The Labute approximate surface area is 179 Å². The molecule has 168 valence electrons. The third kappa shape index (κ3) is 10.2. The van der Waals surface area contributed by atoms with Crippen molar-refractivity contribution in [2.75, 3.05) is 6.54 Å². The quantitative estimate of drug-likeness (QED) is 0.352. The number of hydrogen-bond acceptors (Lipinski definition) is 4. The molecule has 8 heteroatoms. The van der Waals surface area contributed by atoms with Crippen LogP contribution in [0.15, 0.2) is 30.3 Å². The molecular weight excluding hydrogens is 384 g/mol. The van der Waals surface area contributed by atoms with Crippen molar-refractivity contribution in [1.82, 2.24) is 16.0 Å². The van der Waals surface area contributed by atoms with E-state index >= 15 is 0 Å². The van der Waals surface area contributed by atoms with Crippen LogP contribution in [0.25, 0.3) is 0 Å². The highest BCUT2D eigenvalue weighted by Gasteiger charge is 2.26. The zero-order valence-corrected chi connectivity index (χ0v) is 18.4. The largest absolute Gasteiger partial charge is 0.480 e. The number of carbonyl (C=O) groups is 3. The molecule has 0 aliphatic heterocycles. The van der Waals surface area contributed by atoms with Crippen molar-refractivity contribution in [3.05, 3.63) is 35.9 Å². The summed E-state index contributed by atoms with van der Waals surface area (Å²) < 4.78 is 0. The average Bonchev–Trinajstić information content (AvgIpc) is 2.65. The Morgan fingerprint density at radius 1 is 0.933 bits per heavy atom. The molecule has 0 saturated carbocycles. The summed E-state index contributed by atoms with van der Waals surface area (Å²) in [4.78, 5) is 36.3. The summed E-state index contributed by atoms with van der Waals surface area (Å²) in [6.45, 7) is 7.92. The number of carboxylic acid groups (broad SMARTS) is 1. The molecule has 0 aliphatic rings. The van der Waals surface area contributed by atoms with Gasteiger partial charge in [0.15, 0.2) is 0 Å². The van der Waals surface area contributed by atoms with Gasteiger partial charge in [0.1, 0.15) is 12.1 Å². The minimum absolute atomic E-state index is 0.104. The molecule has 6 N–H and O–H groups in total. The van der Waals surface area contributed by atoms with Gasteiger partial charge in [-0.1, -0.05) is 58.0 Å². The van der Waals surface area contributed by atoms with Crippen molar-refractivity contribution in [3.8, 4) is 0 Å². The van der Waals surface area contributed by atoms with Crippen LogP contribution >= 0.6 is 0 Å². The molecule has 1 aromatic carbocycles. The van der Waals surface area contributed by atoms with Gasteiger partial charge in [0, 0.05) is 12.6 Å². The van der Waals surface area contributed by atoms with Crippen LogP contribution in [0.4, 0.5) is 4.79 Å². The van der Waals surface area contributed by atoms with Crippen LogP contribution in [-0.2, 0) is 16.0 Å². The van der Waals surface area contributed by atoms with Gasteiger partial charge in [-0.2, -0.15) is 0 Å². The molecule has 0 spiro atoms.